The van der Waals surface area contributed by atoms with Gasteiger partial charge in [0.15, 0.2) is 0 Å². The van der Waals surface area contributed by atoms with Crippen LogP contribution in [0.1, 0.15) is 34.1 Å². The summed E-state index contributed by atoms with van der Waals surface area (Å²) < 4.78 is 13.4. The summed E-state index contributed by atoms with van der Waals surface area (Å²) in [6, 6.07) is 0. The van der Waals surface area contributed by atoms with Crippen molar-refractivity contribution in [1.29, 1.82) is 0 Å². The summed E-state index contributed by atoms with van der Waals surface area (Å²) >= 11 is 0. The third kappa shape index (κ3) is 4.45. The van der Waals surface area contributed by atoms with E-state index in [4.69, 9.17) is 5.73 Å². The standard InChI is InChI=1S/C10H17FN2/c1-5-6-7(2)10(11)8(3)13-9(4)12/h6H,5H2,1-4H3,(H2,12,13)/b7-6+,10-8+. The van der Waals surface area contributed by atoms with Crippen molar-refractivity contribution >= 4 is 5.84 Å². The van der Waals surface area contributed by atoms with E-state index >= 15 is 0 Å². The van der Waals surface area contributed by atoms with Crippen molar-refractivity contribution in [2.45, 2.75) is 34.1 Å². The highest BCUT2D eigenvalue weighted by molar-refractivity contribution is 5.78. The number of aliphatic imine (C=N–C) groups is 1. The van der Waals surface area contributed by atoms with Gasteiger partial charge in [-0.1, -0.05) is 13.0 Å². The molecule has 0 heterocycles. The first-order valence-electron chi connectivity index (χ1n) is 4.33. The monoisotopic (exact) mass is 184 g/mol. The Morgan fingerprint density at radius 1 is 1.38 bits per heavy atom. The number of allylic oxidation sites excluding steroid dienone is 4. The van der Waals surface area contributed by atoms with Gasteiger partial charge in [0.1, 0.15) is 5.83 Å². The number of hydrogen-bond donors (Lipinski definition) is 1. The molecule has 0 radical (unpaired) electrons. The van der Waals surface area contributed by atoms with Crippen LogP contribution in [-0.2, 0) is 0 Å². The first kappa shape index (κ1) is 11.9. The molecule has 0 aromatic carbocycles. The SMILES string of the molecule is CC/C=C(C)/C(F)=C(C)\N=C(/C)N. The van der Waals surface area contributed by atoms with Crippen LogP contribution in [0.3, 0.4) is 0 Å². The smallest absolute Gasteiger partial charge is 0.146 e. The molecule has 0 fully saturated rings. The second-order valence-corrected chi connectivity index (χ2v) is 2.95. The lowest BCUT2D eigenvalue weighted by molar-refractivity contribution is 0.635. The fraction of sp³-hybridized carbons (Fsp3) is 0.500. The Hall–Kier alpha value is -1.12. The zero-order valence-electron chi connectivity index (χ0n) is 8.69. The van der Waals surface area contributed by atoms with Crippen LogP contribution in [0.15, 0.2) is 28.2 Å². The van der Waals surface area contributed by atoms with Gasteiger partial charge >= 0.3 is 0 Å². The summed E-state index contributed by atoms with van der Waals surface area (Å²) in [4.78, 5) is 3.84. The average molecular weight is 184 g/mol. The molecule has 74 valence electrons. The van der Waals surface area contributed by atoms with Crippen molar-refractivity contribution in [1.82, 2.24) is 0 Å². The maximum atomic E-state index is 13.4. The van der Waals surface area contributed by atoms with Crippen molar-refractivity contribution in [3.63, 3.8) is 0 Å². The molecule has 0 atom stereocenters. The van der Waals surface area contributed by atoms with Gasteiger partial charge in [0, 0.05) is 0 Å². The van der Waals surface area contributed by atoms with E-state index in [1.54, 1.807) is 20.8 Å². The second-order valence-electron chi connectivity index (χ2n) is 2.95. The molecule has 2 N–H and O–H groups in total. The average Bonchev–Trinajstić information content (AvgIpc) is 2.02. The predicted molar refractivity (Wildman–Crippen MR) is 55.2 cm³/mol. The lowest BCUT2D eigenvalue weighted by atomic mass is 10.2. The highest BCUT2D eigenvalue weighted by Gasteiger charge is 2.02. The molecule has 0 aromatic rings. The van der Waals surface area contributed by atoms with E-state index in [0.717, 1.165) is 6.42 Å². The Balaban J connectivity index is 4.82. The van der Waals surface area contributed by atoms with Crippen LogP contribution >= 0.6 is 0 Å². The molecule has 0 aliphatic rings. The molecule has 13 heavy (non-hydrogen) atoms. The Kier molecular flexibility index (Phi) is 5.04. The molecule has 3 heteroatoms. The minimum Gasteiger partial charge on any atom is -0.387 e. The molecular formula is C10H17FN2. The van der Waals surface area contributed by atoms with Crippen molar-refractivity contribution < 1.29 is 4.39 Å². The molecular weight excluding hydrogens is 167 g/mol. The van der Waals surface area contributed by atoms with E-state index in [1.165, 1.54) is 0 Å². The third-order valence-electron chi connectivity index (χ3n) is 1.52. The van der Waals surface area contributed by atoms with Crippen LogP contribution in [-0.4, -0.2) is 5.84 Å². The van der Waals surface area contributed by atoms with E-state index in [0.29, 0.717) is 17.1 Å². The Morgan fingerprint density at radius 3 is 2.31 bits per heavy atom. The van der Waals surface area contributed by atoms with E-state index in [1.807, 2.05) is 13.0 Å². The van der Waals surface area contributed by atoms with Gasteiger partial charge in [0.2, 0.25) is 0 Å². The van der Waals surface area contributed by atoms with Gasteiger partial charge in [-0.25, -0.2) is 9.38 Å². The normalized spacial score (nSPS) is 15.8. The van der Waals surface area contributed by atoms with Gasteiger partial charge in [-0.05, 0) is 32.8 Å². The largest absolute Gasteiger partial charge is 0.387 e. The molecule has 0 spiro atoms. The summed E-state index contributed by atoms with van der Waals surface area (Å²) in [7, 11) is 0. The number of nitrogens with zero attached hydrogens (tertiary/aromatic N) is 1. The van der Waals surface area contributed by atoms with Gasteiger partial charge in [-0.3, -0.25) is 0 Å². The maximum absolute atomic E-state index is 13.4. The van der Waals surface area contributed by atoms with Crippen LogP contribution in [0, 0.1) is 0 Å². The first-order chi connectivity index (χ1) is 5.99. The summed E-state index contributed by atoms with van der Waals surface area (Å²) in [5, 5.41) is 0. The summed E-state index contributed by atoms with van der Waals surface area (Å²) in [5.41, 5.74) is 6.29. The minimum atomic E-state index is -0.286. The lowest BCUT2D eigenvalue weighted by Crippen LogP contribution is -2.05. The molecule has 0 amide bonds. The summed E-state index contributed by atoms with van der Waals surface area (Å²) in [6.45, 7) is 6.93. The van der Waals surface area contributed by atoms with E-state index < -0.39 is 0 Å². The van der Waals surface area contributed by atoms with Crippen molar-refractivity contribution in [3.8, 4) is 0 Å². The van der Waals surface area contributed by atoms with Gasteiger partial charge in [0.05, 0.1) is 11.5 Å². The topological polar surface area (TPSA) is 38.4 Å². The first-order valence-corrected chi connectivity index (χ1v) is 4.33. The molecule has 0 rings (SSSR count). The van der Waals surface area contributed by atoms with Crippen LogP contribution in [0.25, 0.3) is 0 Å². The minimum absolute atomic E-state index is 0.286. The Labute approximate surface area is 79.0 Å². The highest BCUT2D eigenvalue weighted by atomic mass is 19.1. The maximum Gasteiger partial charge on any atom is 0.146 e. The number of amidine groups is 1. The molecule has 0 bridgehead atoms. The zero-order chi connectivity index (χ0) is 10.4. The predicted octanol–water partition coefficient (Wildman–Crippen LogP) is 2.92. The quantitative estimate of drug-likeness (QED) is 0.409. The second kappa shape index (κ2) is 5.51. The summed E-state index contributed by atoms with van der Waals surface area (Å²) in [6.07, 6.45) is 2.64. The fourth-order valence-corrected chi connectivity index (χ4v) is 0.995. The molecule has 0 aliphatic heterocycles. The number of rotatable bonds is 3. The van der Waals surface area contributed by atoms with Crippen LogP contribution in [0.5, 0.6) is 0 Å². The van der Waals surface area contributed by atoms with E-state index in [2.05, 4.69) is 4.99 Å². The third-order valence-corrected chi connectivity index (χ3v) is 1.52. The molecule has 0 unspecified atom stereocenters. The summed E-state index contributed by atoms with van der Waals surface area (Å²) in [5.74, 6) is 0.0867. The molecule has 0 aromatic heterocycles. The Morgan fingerprint density at radius 2 is 1.92 bits per heavy atom. The molecule has 2 nitrogen and oxygen atoms in total. The fourth-order valence-electron chi connectivity index (χ4n) is 0.995. The van der Waals surface area contributed by atoms with Gasteiger partial charge in [-0.15, -0.1) is 0 Å². The number of nitrogens with two attached hydrogens (primary N) is 1. The number of halogens is 1. The highest BCUT2D eigenvalue weighted by Crippen LogP contribution is 2.17. The molecule has 0 aliphatic carbocycles. The molecule has 0 saturated carbocycles. The lowest BCUT2D eigenvalue weighted by Gasteiger charge is -2.00. The van der Waals surface area contributed by atoms with E-state index in [9.17, 15) is 4.39 Å². The Bertz CT molecular complexity index is 258. The van der Waals surface area contributed by atoms with Crippen molar-refractivity contribution in [3.05, 3.63) is 23.2 Å². The number of hydrogen-bond acceptors (Lipinski definition) is 1. The van der Waals surface area contributed by atoms with Crippen LogP contribution in [0.2, 0.25) is 0 Å². The van der Waals surface area contributed by atoms with Gasteiger partial charge < -0.3 is 5.73 Å². The zero-order valence-corrected chi connectivity index (χ0v) is 8.69. The van der Waals surface area contributed by atoms with Crippen molar-refractivity contribution in [2.75, 3.05) is 0 Å². The van der Waals surface area contributed by atoms with Crippen LogP contribution < -0.4 is 5.73 Å². The van der Waals surface area contributed by atoms with Gasteiger partial charge in [0.25, 0.3) is 0 Å². The molecule has 0 saturated heterocycles. The van der Waals surface area contributed by atoms with Gasteiger partial charge in [-0.2, -0.15) is 0 Å². The van der Waals surface area contributed by atoms with Crippen LogP contribution in [0.4, 0.5) is 4.39 Å². The van der Waals surface area contributed by atoms with E-state index in [-0.39, 0.29) is 5.83 Å². The van der Waals surface area contributed by atoms with Crippen molar-refractivity contribution in [2.24, 2.45) is 10.7 Å².